The summed E-state index contributed by atoms with van der Waals surface area (Å²) in [6.07, 6.45) is 10.4. The van der Waals surface area contributed by atoms with E-state index in [9.17, 15) is 0 Å². The van der Waals surface area contributed by atoms with Crippen LogP contribution in [-0.2, 0) is 0 Å². The Morgan fingerprint density at radius 1 is 1.24 bits per heavy atom. The van der Waals surface area contributed by atoms with Gasteiger partial charge in [0, 0.05) is 30.0 Å². The van der Waals surface area contributed by atoms with E-state index in [1.807, 2.05) is 6.20 Å². The summed E-state index contributed by atoms with van der Waals surface area (Å²) in [5.41, 5.74) is 1.21. The predicted octanol–water partition coefficient (Wildman–Crippen LogP) is 4.03. The summed E-state index contributed by atoms with van der Waals surface area (Å²) < 4.78 is 2.38. The van der Waals surface area contributed by atoms with E-state index in [1.54, 1.807) is 0 Å². The van der Waals surface area contributed by atoms with Crippen molar-refractivity contribution in [2.24, 2.45) is 0 Å². The molecule has 0 aliphatic heterocycles. The van der Waals surface area contributed by atoms with Crippen molar-refractivity contribution in [2.75, 3.05) is 6.54 Å². The van der Waals surface area contributed by atoms with E-state index in [0.29, 0.717) is 12.1 Å². The van der Waals surface area contributed by atoms with Crippen molar-refractivity contribution >= 4 is 0 Å². The Morgan fingerprint density at radius 2 is 2.10 bits per heavy atom. The molecule has 21 heavy (non-hydrogen) atoms. The number of hydrogen-bond donors (Lipinski definition) is 1. The molecule has 2 unspecified atom stereocenters. The fourth-order valence-electron chi connectivity index (χ4n) is 3.37. The predicted molar refractivity (Wildman–Crippen MR) is 87.2 cm³/mol. The van der Waals surface area contributed by atoms with Crippen LogP contribution in [0.4, 0.5) is 0 Å². The van der Waals surface area contributed by atoms with Gasteiger partial charge < -0.3 is 9.88 Å². The molecule has 3 nitrogen and oxygen atoms in total. The molecular formula is C18H25N3. The Labute approximate surface area is 127 Å². The molecule has 1 N–H and O–H groups in total. The van der Waals surface area contributed by atoms with Gasteiger partial charge in [-0.3, -0.25) is 0 Å². The standard InChI is InChI=1S/C18H25N3/c1-2-11-19-16-9-6-10-17(14-16)21-13-12-20-18(21)15-7-4-3-5-8-15/h3-5,7-8,12-13,16-17,19H,2,6,9-11,14H2,1H3. The lowest BCUT2D eigenvalue weighted by Crippen LogP contribution is -2.35. The molecule has 0 radical (unpaired) electrons. The summed E-state index contributed by atoms with van der Waals surface area (Å²) in [5.74, 6) is 1.11. The van der Waals surface area contributed by atoms with Gasteiger partial charge in [0.2, 0.25) is 0 Å². The summed E-state index contributed by atoms with van der Waals surface area (Å²) in [5, 5.41) is 3.69. The molecule has 2 atom stereocenters. The second kappa shape index (κ2) is 6.90. The van der Waals surface area contributed by atoms with Gasteiger partial charge in [0.15, 0.2) is 0 Å². The first-order valence-corrected chi connectivity index (χ1v) is 8.20. The lowest BCUT2D eigenvalue weighted by Gasteiger charge is -2.31. The van der Waals surface area contributed by atoms with Crippen LogP contribution >= 0.6 is 0 Å². The smallest absolute Gasteiger partial charge is 0.140 e. The lowest BCUT2D eigenvalue weighted by atomic mass is 9.90. The molecule has 0 spiro atoms. The Kier molecular flexibility index (Phi) is 4.71. The number of rotatable bonds is 5. The van der Waals surface area contributed by atoms with Crippen LogP contribution in [0.3, 0.4) is 0 Å². The van der Waals surface area contributed by atoms with Crippen molar-refractivity contribution in [3.63, 3.8) is 0 Å². The highest BCUT2D eigenvalue weighted by atomic mass is 15.1. The molecule has 1 saturated carbocycles. The number of nitrogens with one attached hydrogen (secondary N) is 1. The first-order chi connectivity index (χ1) is 10.4. The monoisotopic (exact) mass is 283 g/mol. The van der Waals surface area contributed by atoms with Crippen molar-refractivity contribution in [1.29, 1.82) is 0 Å². The highest BCUT2D eigenvalue weighted by Gasteiger charge is 2.24. The summed E-state index contributed by atoms with van der Waals surface area (Å²) in [6, 6.07) is 11.8. The van der Waals surface area contributed by atoms with Crippen LogP contribution in [0.15, 0.2) is 42.7 Å². The van der Waals surface area contributed by atoms with E-state index >= 15 is 0 Å². The van der Waals surface area contributed by atoms with Crippen LogP contribution < -0.4 is 5.32 Å². The van der Waals surface area contributed by atoms with Gasteiger partial charge in [-0.05, 0) is 38.6 Å². The van der Waals surface area contributed by atoms with Crippen molar-refractivity contribution < 1.29 is 0 Å². The molecule has 1 heterocycles. The molecule has 2 aromatic rings. The average molecular weight is 283 g/mol. The van der Waals surface area contributed by atoms with Gasteiger partial charge in [-0.2, -0.15) is 0 Å². The van der Waals surface area contributed by atoms with Gasteiger partial charge in [0.25, 0.3) is 0 Å². The zero-order valence-corrected chi connectivity index (χ0v) is 12.8. The molecule has 1 aliphatic carbocycles. The van der Waals surface area contributed by atoms with Crippen molar-refractivity contribution in [1.82, 2.24) is 14.9 Å². The van der Waals surface area contributed by atoms with E-state index in [-0.39, 0.29) is 0 Å². The molecule has 1 aliphatic rings. The highest BCUT2D eigenvalue weighted by molar-refractivity contribution is 5.55. The topological polar surface area (TPSA) is 29.9 Å². The fourth-order valence-corrected chi connectivity index (χ4v) is 3.37. The first-order valence-electron chi connectivity index (χ1n) is 8.20. The number of nitrogens with zero attached hydrogens (tertiary/aromatic N) is 2. The Hall–Kier alpha value is -1.61. The molecule has 1 aromatic heterocycles. The Balaban J connectivity index is 1.76. The fraction of sp³-hybridized carbons (Fsp3) is 0.500. The van der Waals surface area contributed by atoms with Crippen molar-refractivity contribution in [3.05, 3.63) is 42.7 Å². The van der Waals surface area contributed by atoms with Crippen LogP contribution in [0.25, 0.3) is 11.4 Å². The zero-order valence-electron chi connectivity index (χ0n) is 12.8. The van der Waals surface area contributed by atoms with E-state index in [1.165, 1.54) is 37.7 Å². The number of benzene rings is 1. The minimum absolute atomic E-state index is 0.575. The van der Waals surface area contributed by atoms with Crippen molar-refractivity contribution in [2.45, 2.75) is 51.1 Å². The third-order valence-electron chi connectivity index (χ3n) is 4.42. The van der Waals surface area contributed by atoms with Gasteiger partial charge in [0.1, 0.15) is 5.82 Å². The molecule has 0 amide bonds. The summed E-state index contributed by atoms with van der Waals surface area (Å²) in [7, 11) is 0. The summed E-state index contributed by atoms with van der Waals surface area (Å²) in [6.45, 7) is 3.36. The van der Waals surface area contributed by atoms with E-state index in [2.05, 4.69) is 58.3 Å². The molecule has 3 heteroatoms. The summed E-state index contributed by atoms with van der Waals surface area (Å²) >= 11 is 0. The molecular weight excluding hydrogens is 258 g/mol. The van der Waals surface area contributed by atoms with Crippen LogP contribution in [0, 0.1) is 0 Å². The minimum atomic E-state index is 0.575. The maximum absolute atomic E-state index is 4.59. The average Bonchev–Trinajstić information content (AvgIpc) is 3.04. The van der Waals surface area contributed by atoms with Gasteiger partial charge in [-0.25, -0.2) is 4.98 Å². The molecule has 0 saturated heterocycles. The SMILES string of the molecule is CCCNC1CCCC(n2ccnc2-c2ccccc2)C1. The second-order valence-corrected chi connectivity index (χ2v) is 6.00. The molecule has 1 aromatic carbocycles. The van der Waals surface area contributed by atoms with E-state index in [4.69, 9.17) is 0 Å². The molecule has 0 bridgehead atoms. The zero-order chi connectivity index (χ0) is 14.5. The number of hydrogen-bond acceptors (Lipinski definition) is 2. The largest absolute Gasteiger partial charge is 0.328 e. The van der Waals surface area contributed by atoms with E-state index < -0.39 is 0 Å². The van der Waals surface area contributed by atoms with Gasteiger partial charge in [0.05, 0.1) is 0 Å². The minimum Gasteiger partial charge on any atom is -0.328 e. The van der Waals surface area contributed by atoms with Crippen LogP contribution in [0.1, 0.15) is 45.1 Å². The number of aromatic nitrogens is 2. The quantitative estimate of drug-likeness (QED) is 0.897. The van der Waals surface area contributed by atoms with Gasteiger partial charge in [-0.15, -0.1) is 0 Å². The van der Waals surface area contributed by atoms with E-state index in [0.717, 1.165) is 12.4 Å². The third kappa shape index (κ3) is 3.35. The maximum Gasteiger partial charge on any atom is 0.140 e. The molecule has 3 rings (SSSR count). The maximum atomic E-state index is 4.59. The Bertz CT molecular complexity index is 547. The van der Waals surface area contributed by atoms with Crippen molar-refractivity contribution in [3.8, 4) is 11.4 Å². The van der Waals surface area contributed by atoms with Crippen LogP contribution in [0.5, 0.6) is 0 Å². The number of imidazole rings is 1. The Morgan fingerprint density at radius 3 is 2.90 bits per heavy atom. The highest BCUT2D eigenvalue weighted by Crippen LogP contribution is 2.32. The van der Waals surface area contributed by atoms with Gasteiger partial charge >= 0.3 is 0 Å². The van der Waals surface area contributed by atoms with Crippen LogP contribution in [-0.4, -0.2) is 22.1 Å². The third-order valence-corrected chi connectivity index (χ3v) is 4.42. The lowest BCUT2D eigenvalue weighted by molar-refractivity contribution is 0.286. The van der Waals surface area contributed by atoms with Crippen LogP contribution in [0.2, 0.25) is 0 Å². The molecule has 1 fully saturated rings. The normalized spacial score (nSPS) is 22.3. The first kappa shape index (κ1) is 14.3. The van der Waals surface area contributed by atoms with Gasteiger partial charge in [-0.1, -0.05) is 37.3 Å². The second-order valence-electron chi connectivity index (χ2n) is 6.00. The summed E-state index contributed by atoms with van der Waals surface area (Å²) in [4.78, 5) is 4.59. The molecule has 112 valence electrons.